The van der Waals surface area contributed by atoms with Crippen molar-refractivity contribution in [1.82, 2.24) is 9.97 Å². The van der Waals surface area contributed by atoms with Crippen LogP contribution in [-0.2, 0) is 0 Å². The van der Waals surface area contributed by atoms with E-state index in [1.165, 1.54) is 0 Å². The molecule has 5 nitrogen and oxygen atoms in total. The Morgan fingerprint density at radius 1 is 1.21 bits per heavy atom. The molecule has 1 aromatic carbocycles. The second-order valence-corrected chi connectivity index (χ2v) is 5.78. The van der Waals surface area contributed by atoms with Crippen LogP contribution in [0.5, 0.6) is 5.95 Å². The highest BCUT2D eigenvalue weighted by Crippen LogP contribution is 2.37. The lowest BCUT2D eigenvalue weighted by Gasteiger charge is -1.99. The number of rotatable bonds is 2. The lowest BCUT2D eigenvalue weighted by Crippen LogP contribution is -1.90. The van der Waals surface area contributed by atoms with Gasteiger partial charge in [-0.1, -0.05) is 29.8 Å². The van der Waals surface area contributed by atoms with Gasteiger partial charge in [0.1, 0.15) is 11.4 Å². The molecule has 0 fully saturated rings. The van der Waals surface area contributed by atoms with Crippen molar-refractivity contribution in [2.75, 3.05) is 0 Å². The largest absolute Gasteiger partial charge is 0.479 e. The van der Waals surface area contributed by atoms with Crippen molar-refractivity contribution in [1.29, 1.82) is 0 Å². The Morgan fingerprint density at radius 3 is 2.88 bits per heavy atom. The molecule has 1 aliphatic rings. The van der Waals surface area contributed by atoms with Crippen LogP contribution in [0.2, 0.25) is 5.02 Å². The Morgan fingerprint density at radius 2 is 2.04 bits per heavy atom. The Hall–Kier alpha value is -2.92. The van der Waals surface area contributed by atoms with Gasteiger partial charge in [-0.15, -0.1) is 0 Å². The minimum absolute atomic E-state index is 0.211. The molecule has 1 aliphatic heterocycles. The van der Waals surface area contributed by atoms with Crippen LogP contribution in [0.4, 0.5) is 5.69 Å². The van der Waals surface area contributed by atoms with E-state index in [1.807, 2.05) is 31.2 Å². The fourth-order valence-electron chi connectivity index (χ4n) is 2.60. The average Bonchev–Trinajstić information content (AvgIpc) is 3.09. The quantitative estimate of drug-likeness (QED) is 0.733. The Bertz CT molecular complexity index is 1010. The smallest absolute Gasteiger partial charge is 0.310 e. The van der Waals surface area contributed by atoms with Gasteiger partial charge in [0.2, 0.25) is 5.89 Å². The number of benzene rings is 1. The van der Waals surface area contributed by atoms with E-state index < -0.39 is 0 Å². The van der Waals surface area contributed by atoms with Gasteiger partial charge in [-0.3, -0.25) is 9.98 Å². The lowest BCUT2D eigenvalue weighted by molar-refractivity contribution is 0.336. The summed E-state index contributed by atoms with van der Waals surface area (Å²) in [6.45, 7) is 1.92. The van der Waals surface area contributed by atoms with Gasteiger partial charge in [0.05, 0.1) is 5.69 Å². The molecule has 2 aromatic heterocycles. The molecule has 0 aliphatic carbocycles. The molecule has 0 radical (unpaired) electrons. The van der Waals surface area contributed by atoms with Gasteiger partial charge in [-0.05, 0) is 31.2 Å². The van der Waals surface area contributed by atoms with Gasteiger partial charge in [0.25, 0.3) is 0 Å². The maximum absolute atomic E-state index is 10.1. The summed E-state index contributed by atoms with van der Waals surface area (Å²) in [6, 6.07) is 11.1. The maximum Gasteiger partial charge on any atom is 0.310 e. The summed E-state index contributed by atoms with van der Waals surface area (Å²) in [7, 11) is 0. The van der Waals surface area contributed by atoms with Crippen molar-refractivity contribution >= 4 is 34.6 Å². The Labute approximate surface area is 143 Å². The van der Waals surface area contributed by atoms with Crippen molar-refractivity contribution in [2.24, 2.45) is 4.99 Å². The van der Waals surface area contributed by atoms with E-state index in [0.717, 1.165) is 22.5 Å². The van der Waals surface area contributed by atoms with E-state index in [1.54, 1.807) is 24.4 Å². The first-order valence-corrected chi connectivity index (χ1v) is 7.68. The molecule has 118 valence electrons. The zero-order chi connectivity index (χ0) is 16.7. The molecule has 0 saturated carbocycles. The molecule has 3 heterocycles. The molecule has 4 rings (SSSR count). The average molecular weight is 338 g/mol. The number of para-hydroxylation sites is 1. The van der Waals surface area contributed by atoms with Gasteiger partial charge in [0, 0.05) is 28.1 Å². The summed E-state index contributed by atoms with van der Waals surface area (Å²) in [5.41, 5.74) is 4.45. The minimum Gasteiger partial charge on any atom is -0.479 e. The van der Waals surface area contributed by atoms with E-state index in [4.69, 9.17) is 16.0 Å². The summed E-state index contributed by atoms with van der Waals surface area (Å²) in [5, 5.41) is 10.6. The number of nitrogens with zero attached hydrogens (tertiary/aromatic N) is 3. The number of halogens is 1. The van der Waals surface area contributed by atoms with Crippen LogP contribution < -0.4 is 0 Å². The van der Waals surface area contributed by atoms with Crippen molar-refractivity contribution in [3.05, 3.63) is 58.9 Å². The lowest BCUT2D eigenvalue weighted by atomic mass is 10.0. The predicted molar refractivity (Wildman–Crippen MR) is 93.5 cm³/mol. The molecule has 0 atom stereocenters. The number of hydrogen-bond acceptors (Lipinski definition) is 5. The summed E-state index contributed by atoms with van der Waals surface area (Å²) >= 11 is 5.95. The van der Waals surface area contributed by atoms with Crippen LogP contribution >= 0.6 is 11.6 Å². The van der Waals surface area contributed by atoms with Crippen molar-refractivity contribution < 1.29 is 9.52 Å². The number of allylic oxidation sites excluding steroid dienone is 1. The molecule has 0 spiro atoms. The number of hydrogen-bond donors (Lipinski definition) is 1. The van der Waals surface area contributed by atoms with Crippen LogP contribution in [0.3, 0.4) is 0 Å². The van der Waals surface area contributed by atoms with Gasteiger partial charge >= 0.3 is 5.95 Å². The topological polar surface area (TPSA) is 71.5 Å². The van der Waals surface area contributed by atoms with Crippen LogP contribution in [-0.4, -0.2) is 20.8 Å². The molecule has 0 amide bonds. The van der Waals surface area contributed by atoms with Gasteiger partial charge in [0.15, 0.2) is 0 Å². The summed E-state index contributed by atoms with van der Waals surface area (Å²) in [6.07, 6.45) is 3.32. The van der Waals surface area contributed by atoms with E-state index >= 15 is 0 Å². The van der Waals surface area contributed by atoms with Gasteiger partial charge in [-0.25, -0.2) is 4.98 Å². The number of aromatic hydroxyl groups is 1. The SMILES string of the molecule is CC1=Nc2ccccc2/C1=C/c1nc(-c2cc(Cl)ccn2)oc1O. The van der Waals surface area contributed by atoms with Crippen molar-refractivity contribution in [3.8, 4) is 17.5 Å². The van der Waals surface area contributed by atoms with E-state index in [-0.39, 0.29) is 11.8 Å². The number of aliphatic imine (C=N–C) groups is 1. The first-order chi connectivity index (χ1) is 11.6. The monoisotopic (exact) mass is 337 g/mol. The highest BCUT2D eigenvalue weighted by molar-refractivity contribution is 6.31. The van der Waals surface area contributed by atoms with Crippen LogP contribution in [0.15, 0.2) is 52.0 Å². The third-order valence-electron chi connectivity index (χ3n) is 3.73. The van der Waals surface area contributed by atoms with Gasteiger partial charge in [-0.2, -0.15) is 0 Å². The number of pyridine rings is 1. The number of oxazole rings is 1. The molecule has 0 unspecified atom stereocenters. The van der Waals surface area contributed by atoms with Crippen LogP contribution in [0, 0.1) is 0 Å². The zero-order valence-electron chi connectivity index (χ0n) is 12.7. The molecule has 6 heteroatoms. The highest BCUT2D eigenvalue weighted by atomic mass is 35.5. The first kappa shape index (κ1) is 14.7. The maximum atomic E-state index is 10.1. The third kappa shape index (κ3) is 2.49. The number of aromatic nitrogens is 2. The first-order valence-electron chi connectivity index (χ1n) is 7.30. The van der Waals surface area contributed by atoms with E-state index in [2.05, 4.69) is 15.0 Å². The van der Waals surface area contributed by atoms with E-state index in [0.29, 0.717) is 16.4 Å². The predicted octanol–water partition coefficient (Wildman–Crippen LogP) is 4.74. The van der Waals surface area contributed by atoms with E-state index in [9.17, 15) is 5.11 Å². The second kappa shape index (κ2) is 5.62. The summed E-state index contributed by atoms with van der Waals surface area (Å²) in [4.78, 5) is 13.0. The molecule has 24 heavy (non-hydrogen) atoms. The normalized spacial score (nSPS) is 14.8. The Balaban J connectivity index is 1.78. The van der Waals surface area contributed by atoms with Crippen LogP contribution in [0.25, 0.3) is 23.2 Å². The van der Waals surface area contributed by atoms with Crippen molar-refractivity contribution in [3.63, 3.8) is 0 Å². The standard InChI is InChI=1S/C18H12ClN3O2/c1-10-13(12-4-2-3-5-14(12)21-10)9-16-18(23)24-17(22-16)15-8-11(19)6-7-20-15/h2-9,23H,1H3/b13-9+. The second-order valence-electron chi connectivity index (χ2n) is 5.34. The Kier molecular flexibility index (Phi) is 3.43. The molecular formula is C18H12ClN3O2. The minimum atomic E-state index is -0.267. The molecule has 1 N–H and O–H groups in total. The zero-order valence-corrected chi connectivity index (χ0v) is 13.4. The highest BCUT2D eigenvalue weighted by Gasteiger charge is 2.20. The van der Waals surface area contributed by atoms with Gasteiger partial charge < -0.3 is 9.52 Å². The summed E-state index contributed by atoms with van der Waals surface area (Å²) in [5.74, 6) is -0.0563. The fraction of sp³-hybridized carbons (Fsp3) is 0.0556. The molecule has 3 aromatic rings. The molecular weight excluding hydrogens is 326 g/mol. The summed E-state index contributed by atoms with van der Waals surface area (Å²) < 4.78 is 5.33. The fourth-order valence-corrected chi connectivity index (χ4v) is 2.76. The molecule has 0 bridgehead atoms. The van der Waals surface area contributed by atoms with Crippen molar-refractivity contribution in [2.45, 2.75) is 6.92 Å². The third-order valence-corrected chi connectivity index (χ3v) is 3.96. The van der Waals surface area contributed by atoms with Crippen LogP contribution in [0.1, 0.15) is 18.2 Å². The number of fused-ring (bicyclic) bond motifs is 1. The molecule has 0 saturated heterocycles.